The second-order valence-corrected chi connectivity index (χ2v) is 3.95. The zero-order valence-corrected chi connectivity index (χ0v) is 10.3. The maximum atomic E-state index is 10.9. The van der Waals surface area contributed by atoms with Crippen molar-refractivity contribution in [2.24, 2.45) is 5.73 Å². The summed E-state index contributed by atoms with van der Waals surface area (Å²) < 4.78 is 0. The van der Waals surface area contributed by atoms with Gasteiger partial charge in [0.2, 0.25) is 0 Å². The molecule has 19 heavy (non-hydrogen) atoms. The van der Waals surface area contributed by atoms with Crippen molar-refractivity contribution in [3.63, 3.8) is 0 Å². The third kappa shape index (κ3) is 8.08. The van der Waals surface area contributed by atoms with Crippen molar-refractivity contribution < 1.29 is 29.7 Å². The van der Waals surface area contributed by atoms with E-state index in [9.17, 15) is 14.4 Å². The Morgan fingerprint density at radius 1 is 0.947 bits per heavy atom. The lowest BCUT2D eigenvalue weighted by Crippen LogP contribution is -2.53. The van der Waals surface area contributed by atoms with Crippen LogP contribution in [0.1, 0.15) is 25.7 Å². The molecule has 2 atom stereocenters. The van der Waals surface area contributed by atoms with E-state index in [2.05, 4.69) is 10.9 Å². The third-order valence-corrected chi connectivity index (χ3v) is 2.35. The number of carboxylic acid groups (broad SMARTS) is 3. The Kier molecular flexibility index (Phi) is 8.42. The zero-order valence-electron chi connectivity index (χ0n) is 10.3. The number of nitrogens with one attached hydrogen (secondary N) is 2. The van der Waals surface area contributed by atoms with E-state index in [4.69, 9.17) is 21.1 Å². The molecule has 0 aliphatic heterocycles. The highest BCUT2D eigenvalue weighted by Gasteiger charge is 2.23. The number of aliphatic carboxylic acids is 3. The summed E-state index contributed by atoms with van der Waals surface area (Å²) in [6.07, 6.45) is 0.832. The van der Waals surface area contributed by atoms with Gasteiger partial charge in [-0.25, -0.2) is 10.9 Å². The van der Waals surface area contributed by atoms with Crippen LogP contribution in [-0.2, 0) is 14.4 Å². The average Bonchev–Trinajstić information content (AvgIpc) is 2.30. The number of unbranched alkanes of at least 4 members (excludes halogenated alkanes) is 1. The quantitative estimate of drug-likeness (QED) is 0.197. The summed E-state index contributed by atoms with van der Waals surface area (Å²) in [5, 5.41) is 26.2. The van der Waals surface area contributed by atoms with Crippen LogP contribution in [0, 0.1) is 0 Å². The van der Waals surface area contributed by atoms with Crippen LogP contribution in [0.4, 0.5) is 0 Å². The van der Waals surface area contributed by atoms with Gasteiger partial charge in [0.25, 0.3) is 0 Å². The molecule has 110 valence electrons. The van der Waals surface area contributed by atoms with Crippen molar-refractivity contribution in [1.82, 2.24) is 10.9 Å². The fraction of sp³-hybridized carbons (Fsp3) is 0.700. The first-order chi connectivity index (χ1) is 8.88. The van der Waals surface area contributed by atoms with Crippen LogP contribution in [0.3, 0.4) is 0 Å². The van der Waals surface area contributed by atoms with Crippen molar-refractivity contribution in [3.05, 3.63) is 0 Å². The van der Waals surface area contributed by atoms with Crippen LogP contribution in [-0.4, -0.2) is 51.9 Å². The topological polar surface area (TPSA) is 162 Å². The normalized spacial score (nSPS) is 13.7. The van der Waals surface area contributed by atoms with Crippen molar-refractivity contribution in [2.75, 3.05) is 6.54 Å². The Morgan fingerprint density at radius 2 is 1.47 bits per heavy atom. The van der Waals surface area contributed by atoms with Crippen LogP contribution >= 0.6 is 0 Å². The predicted molar refractivity (Wildman–Crippen MR) is 64.3 cm³/mol. The molecule has 0 bridgehead atoms. The molecule has 0 radical (unpaired) electrons. The van der Waals surface area contributed by atoms with E-state index in [1.54, 1.807) is 0 Å². The number of hydrazine groups is 1. The molecule has 0 aliphatic rings. The van der Waals surface area contributed by atoms with E-state index in [1.807, 2.05) is 0 Å². The van der Waals surface area contributed by atoms with Crippen LogP contribution < -0.4 is 16.6 Å². The van der Waals surface area contributed by atoms with Crippen molar-refractivity contribution in [1.29, 1.82) is 0 Å². The molecule has 0 unspecified atom stereocenters. The van der Waals surface area contributed by atoms with Crippen LogP contribution in [0.15, 0.2) is 0 Å². The number of carbonyl (C=O) groups is 3. The van der Waals surface area contributed by atoms with Gasteiger partial charge in [-0.1, -0.05) is 0 Å². The summed E-state index contributed by atoms with van der Waals surface area (Å²) in [6.45, 7) is 0.441. The second-order valence-electron chi connectivity index (χ2n) is 3.95. The minimum atomic E-state index is -1.39. The minimum Gasteiger partial charge on any atom is -0.481 e. The molecule has 0 aromatic heterocycles. The lowest BCUT2D eigenvalue weighted by Gasteiger charge is -2.18. The number of hydrogen-bond donors (Lipinski definition) is 6. The summed E-state index contributed by atoms with van der Waals surface area (Å²) in [5.41, 5.74) is 9.83. The molecular weight excluding hydrogens is 258 g/mol. The Bertz CT molecular complexity index is 322. The first-order valence-corrected chi connectivity index (χ1v) is 5.77. The number of carboxylic acids is 3. The van der Waals surface area contributed by atoms with Crippen LogP contribution in [0.2, 0.25) is 0 Å². The predicted octanol–water partition coefficient (Wildman–Crippen LogP) is -1.41. The first-order valence-electron chi connectivity index (χ1n) is 5.77. The van der Waals surface area contributed by atoms with Crippen LogP contribution in [0.25, 0.3) is 0 Å². The summed E-state index contributed by atoms with van der Waals surface area (Å²) in [7, 11) is 0. The molecule has 0 saturated heterocycles. The van der Waals surface area contributed by atoms with Gasteiger partial charge in [-0.2, -0.15) is 0 Å². The Morgan fingerprint density at radius 3 is 1.89 bits per heavy atom. The van der Waals surface area contributed by atoms with Gasteiger partial charge < -0.3 is 21.1 Å². The van der Waals surface area contributed by atoms with E-state index < -0.39 is 36.4 Å². The second kappa shape index (κ2) is 9.25. The van der Waals surface area contributed by atoms with E-state index in [1.165, 1.54) is 0 Å². The van der Waals surface area contributed by atoms with Gasteiger partial charge >= 0.3 is 17.9 Å². The summed E-state index contributed by atoms with van der Waals surface area (Å²) in [6, 6.07) is -2.39. The zero-order chi connectivity index (χ0) is 14.8. The lowest BCUT2D eigenvalue weighted by atomic mass is 10.1. The van der Waals surface area contributed by atoms with E-state index in [-0.39, 0.29) is 6.42 Å². The van der Waals surface area contributed by atoms with Crippen molar-refractivity contribution in [3.8, 4) is 0 Å². The molecule has 0 fully saturated rings. The minimum absolute atomic E-state index is 0.263. The summed E-state index contributed by atoms with van der Waals surface area (Å²) in [4.78, 5) is 32.1. The molecule has 7 N–H and O–H groups in total. The Balaban J connectivity index is 4.29. The molecule has 0 aromatic carbocycles. The van der Waals surface area contributed by atoms with Gasteiger partial charge in [-0.05, 0) is 25.8 Å². The van der Waals surface area contributed by atoms with Gasteiger partial charge in [0, 0.05) is 0 Å². The standard InChI is InChI=1S/C10H19N3O6/c11-4-2-1-3-6(9(16)17)12-13-7(10(18)19)5-8(14)15/h6-7,12-13H,1-5,11H2,(H,14,15)(H,16,17)(H,18,19)/t6-,7-/m0/s1. The van der Waals surface area contributed by atoms with Gasteiger partial charge in [-0.3, -0.25) is 14.4 Å². The molecular formula is C10H19N3O6. The maximum absolute atomic E-state index is 10.9. The highest BCUT2D eigenvalue weighted by Crippen LogP contribution is 2.00. The average molecular weight is 277 g/mol. The van der Waals surface area contributed by atoms with Crippen molar-refractivity contribution in [2.45, 2.75) is 37.8 Å². The van der Waals surface area contributed by atoms with Gasteiger partial charge in [0.15, 0.2) is 0 Å². The summed E-state index contributed by atoms with van der Waals surface area (Å²) in [5.74, 6) is -3.82. The molecule has 0 saturated carbocycles. The molecule has 0 amide bonds. The highest BCUT2D eigenvalue weighted by molar-refractivity contribution is 5.80. The molecule has 0 rings (SSSR count). The Labute approximate surface area is 109 Å². The number of rotatable bonds is 11. The molecule has 0 aliphatic carbocycles. The van der Waals surface area contributed by atoms with Gasteiger partial charge in [-0.15, -0.1) is 0 Å². The highest BCUT2D eigenvalue weighted by atomic mass is 16.4. The molecule has 9 heteroatoms. The largest absolute Gasteiger partial charge is 0.481 e. The molecule has 0 aromatic rings. The Hall–Kier alpha value is -1.71. The fourth-order valence-corrected chi connectivity index (χ4v) is 1.33. The molecule has 0 spiro atoms. The first kappa shape index (κ1) is 17.3. The monoisotopic (exact) mass is 277 g/mol. The van der Waals surface area contributed by atoms with Crippen LogP contribution in [0.5, 0.6) is 0 Å². The maximum Gasteiger partial charge on any atom is 0.322 e. The lowest BCUT2D eigenvalue weighted by molar-refractivity contribution is -0.147. The molecule has 9 nitrogen and oxygen atoms in total. The smallest absolute Gasteiger partial charge is 0.322 e. The number of nitrogens with two attached hydrogens (primary N) is 1. The SMILES string of the molecule is NCCCC[C@H](NN[C@@H](CC(=O)O)C(=O)O)C(=O)O. The van der Waals surface area contributed by atoms with Gasteiger partial charge in [0.05, 0.1) is 6.42 Å². The van der Waals surface area contributed by atoms with E-state index >= 15 is 0 Å². The molecule has 0 heterocycles. The van der Waals surface area contributed by atoms with Crippen molar-refractivity contribution >= 4 is 17.9 Å². The summed E-state index contributed by atoms with van der Waals surface area (Å²) >= 11 is 0. The van der Waals surface area contributed by atoms with E-state index in [0.717, 1.165) is 0 Å². The van der Waals surface area contributed by atoms with E-state index in [0.29, 0.717) is 19.4 Å². The third-order valence-electron chi connectivity index (χ3n) is 2.35. The van der Waals surface area contributed by atoms with Gasteiger partial charge in [0.1, 0.15) is 12.1 Å². The number of hydrogen-bond acceptors (Lipinski definition) is 6. The fourth-order valence-electron chi connectivity index (χ4n) is 1.33.